The first-order chi connectivity index (χ1) is 9.78. The molecule has 0 radical (unpaired) electrons. The molecular formula is C15H19N3OS. The lowest BCUT2D eigenvalue weighted by molar-refractivity contribution is 0.123. The quantitative estimate of drug-likeness (QED) is 0.883. The molecule has 106 valence electrons. The number of ether oxygens (including phenoxy) is 1. The highest BCUT2D eigenvalue weighted by Gasteiger charge is 2.14. The van der Waals surface area contributed by atoms with E-state index in [1.54, 1.807) is 11.3 Å². The summed E-state index contributed by atoms with van der Waals surface area (Å²) in [4.78, 5) is 6.89. The van der Waals surface area contributed by atoms with E-state index >= 15 is 0 Å². The Morgan fingerprint density at radius 3 is 2.80 bits per heavy atom. The van der Waals surface area contributed by atoms with Crippen molar-refractivity contribution in [3.05, 3.63) is 28.6 Å². The van der Waals surface area contributed by atoms with E-state index in [0.717, 1.165) is 60.4 Å². The molecule has 1 aromatic heterocycles. The number of aryl methyl sites for hydroxylation is 1. The number of aromatic nitrogens is 1. The van der Waals surface area contributed by atoms with Gasteiger partial charge in [-0.05, 0) is 18.6 Å². The Morgan fingerprint density at radius 2 is 2.15 bits per heavy atom. The maximum Gasteiger partial charge on any atom is 0.0929 e. The molecule has 1 fully saturated rings. The van der Waals surface area contributed by atoms with Crippen molar-refractivity contribution in [2.24, 2.45) is 0 Å². The summed E-state index contributed by atoms with van der Waals surface area (Å²) in [6.45, 7) is 5.47. The summed E-state index contributed by atoms with van der Waals surface area (Å²) in [7, 11) is 0. The monoisotopic (exact) mass is 289 g/mol. The van der Waals surface area contributed by atoms with Gasteiger partial charge in [-0.15, -0.1) is 11.3 Å². The molecule has 0 atom stereocenters. The van der Waals surface area contributed by atoms with Crippen LogP contribution in [0.3, 0.4) is 0 Å². The predicted molar refractivity (Wildman–Crippen MR) is 84.4 cm³/mol. The van der Waals surface area contributed by atoms with Crippen LogP contribution in [0, 0.1) is 0 Å². The number of nitrogens with zero attached hydrogens (tertiary/aromatic N) is 2. The number of thiazole rings is 1. The third-order valence-corrected chi connectivity index (χ3v) is 4.52. The van der Waals surface area contributed by atoms with E-state index in [0.29, 0.717) is 0 Å². The van der Waals surface area contributed by atoms with Crippen LogP contribution in [0.15, 0.2) is 23.6 Å². The molecule has 1 saturated heterocycles. The lowest BCUT2D eigenvalue weighted by atomic mass is 10.1. The highest BCUT2D eigenvalue weighted by molar-refractivity contribution is 7.09. The van der Waals surface area contributed by atoms with Gasteiger partial charge in [-0.2, -0.15) is 0 Å². The van der Waals surface area contributed by atoms with Gasteiger partial charge in [0.05, 0.1) is 35.3 Å². The number of hydrogen-bond donors (Lipinski definition) is 1. The van der Waals surface area contributed by atoms with Crippen molar-refractivity contribution in [1.29, 1.82) is 0 Å². The number of nitrogens with two attached hydrogens (primary N) is 1. The molecule has 2 aromatic rings. The van der Waals surface area contributed by atoms with Gasteiger partial charge in [0.15, 0.2) is 0 Å². The number of morpholine rings is 1. The topological polar surface area (TPSA) is 51.4 Å². The Labute approximate surface area is 123 Å². The zero-order valence-electron chi connectivity index (χ0n) is 11.6. The summed E-state index contributed by atoms with van der Waals surface area (Å²) in [6, 6.07) is 6.23. The summed E-state index contributed by atoms with van der Waals surface area (Å²) in [6.07, 6.45) is 0.978. The second kappa shape index (κ2) is 5.81. The Bertz CT molecular complexity index is 591. The number of benzene rings is 1. The van der Waals surface area contributed by atoms with Crippen LogP contribution in [-0.2, 0) is 11.2 Å². The van der Waals surface area contributed by atoms with Gasteiger partial charge < -0.3 is 15.4 Å². The lowest BCUT2D eigenvalue weighted by Crippen LogP contribution is -2.36. The van der Waals surface area contributed by atoms with E-state index in [-0.39, 0.29) is 0 Å². The van der Waals surface area contributed by atoms with E-state index < -0.39 is 0 Å². The first-order valence-corrected chi connectivity index (χ1v) is 7.83. The summed E-state index contributed by atoms with van der Waals surface area (Å²) in [5.41, 5.74) is 10.3. The van der Waals surface area contributed by atoms with Gasteiger partial charge in [0.2, 0.25) is 0 Å². The first kappa shape index (κ1) is 13.4. The largest absolute Gasteiger partial charge is 0.397 e. The molecule has 3 rings (SSSR count). The standard InChI is InChI=1S/C15H19N3OS/c1-2-15-17-13(10-20-15)11-3-4-14(12(16)9-11)18-5-7-19-8-6-18/h3-4,9-10H,2,5-8,16H2,1H3. The molecule has 1 aliphatic heterocycles. The van der Waals surface area contributed by atoms with Crippen LogP contribution < -0.4 is 10.6 Å². The van der Waals surface area contributed by atoms with Crippen molar-refractivity contribution in [1.82, 2.24) is 4.98 Å². The Balaban J connectivity index is 1.86. The average Bonchev–Trinajstić information content (AvgIpc) is 2.97. The normalized spacial score (nSPS) is 15.6. The zero-order valence-corrected chi connectivity index (χ0v) is 12.4. The van der Waals surface area contributed by atoms with Gasteiger partial charge >= 0.3 is 0 Å². The van der Waals surface area contributed by atoms with Crippen molar-refractivity contribution < 1.29 is 4.74 Å². The summed E-state index contributed by atoms with van der Waals surface area (Å²) >= 11 is 1.70. The maximum absolute atomic E-state index is 6.22. The van der Waals surface area contributed by atoms with Gasteiger partial charge in [-0.25, -0.2) is 4.98 Å². The molecule has 2 heterocycles. The minimum Gasteiger partial charge on any atom is -0.397 e. The molecule has 20 heavy (non-hydrogen) atoms. The van der Waals surface area contributed by atoms with Crippen LogP contribution in [0.25, 0.3) is 11.3 Å². The summed E-state index contributed by atoms with van der Waals surface area (Å²) in [5.74, 6) is 0. The van der Waals surface area contributed by atoms with Crippen LogP contribution in [-0.4, -0.2) is 31.3 Å². The van der Waals surface area contributed by atoms with Crippen LogP contribution in [0.4, 0.5) is 11.4 Å². The molecule has 0 aliphatic carbocycles. The van der Waals surface area contributed by atoms with E-state index in [1.807, 2.05) is 6.07 Å². The van der Waals surface area contributed by atoms with Crippen molar-refractivity contribution in [2.75, 3.05) is 36.9 Å². The maximum atomic E-state index is 6.22. The molecule has 0 bridgehead atoms. The molecule has 5 heteroatoms. The van der Waals surface area contributed by atoms with E-state index in [4.69, 9.17) is 10.5 Å². The Hall–Kier alpha value is -1.59. The van der Waals surface area contributed by atoms with Gasteiger partial charge in [-0.1, -0.05) is 13.0 Å². The molecule has 4 nitrogen and oxygen atoms in total. The zero-order chi connectivity index (χ0) is 13.9. The first-order valence-electron chi connectivity index (χ1n) is 6.95. The predicted octanol–water partition coefficient (Wildman–Crippen LogP) is 2.79. The van der Waals surface area contributed by atoms with Crippen LogP contribution in [0.5, 0.6) is 0 Å². The number of anilines is 2. The van der Waals surface area contributed by atoms with Crippen molar-refractivity contribution in [3.8, 4) is 11.3 Å². The molecule has 2 N–H and O–H groups in total. The van der Waals surface area contributed by atoms with Gasteiger partial charge in [0.25, 0.3) is 0 Å². The fourth-order valence-electron chi connectivity index (χ4n) is 2.41. The fraction of sp³-hybridized carbons (Fsp3) is 0.400. The smallest absolute Gasteiger partial charge is 0.0929 e. The third kappa shape index (κ3) is 2.64. The number of rotatable bonds is 3. The van der Waals surface area contributed by atoms with Crippen LogP contribution in [0.2, 0.25) is 0 Å². The number of nitrogen functional groups attached to an aromatic ring is 1. The lowest BCUT2D eigenvalue weighted by Gasteiger charge is -2.30. The van der Waals surface area contributed by atoms with Gasteiger partial charge in [0, 0.05) is 24.0 Å². The van der Waals surface area contributed by atoms with Crippen molar-refractivity contribution in [3.63, 3.8) is 0 Å². The second-order valence-electron chi connectivity index (χ2n) is 4.85. The van der Waals surface area contributed by atoms with E-state index in [1.165, 1.54) is 0 Å². The highest BCUT2D eigenvalue weighted by atomic mass is 32.1. The fourth-order valence-corrected chi connectivity index (χ4v) is 3.17. The summed E-state index contributed by atoms with van der Waals surface area (Å²) in [5, 5.41) is 3.26. The average molecular weight is 289 g/mol. The van der Waals surface area contributed by atoms with Crippen LogP contribution in [0.1, 0.15) is 11.9 Å². The van der Waals surface area contributed by atoms with Crippen LogP contribution >= 0.6 is 11.3 Å². The molecule has 1 aliphatic rings. The van der Waals surface area contributed by atoms with Crippen molar-refractivity contribution in [2.45, 2.75) is 13.3 Å². The van der Waals surface area contributed by atoms with E-state index in [2.05, 4.69) is 34.3 Å². The molecular weight excluding hydrogens is 270 g/mol. The minimum atomic E-state index is 0.771. The van der Waals surface area contributed by atoms with E-state index in [9.17, 15) is 0 Å². The molecule has 0 saturated carbocycles. The van der Waals surface area contributed by atoms with Gasteiger partial charge in [-0.3, -0.25) is 0 Å². The number of hydrogen-bond acceptors (Lipinski definition) is 5. The molecule has 0 amide bonds. The third-order valence-electron chi connectivity index (χ3n) is 3.53. The SMILES string of the molecule is CCc1nc(-c2ccc(N3CCOCC3)c(N)c2)cs1. The minimum absolute atomic E-state index is 0.771. The molecule has 0 unspecified atom stereocenters. The Kier molecular flexibility index (Phi) is 3.89. The molecule has 0 spiro atoms. The Morgan fingerprint density at radius 1 is 1.35 bits per heavy atom. The van der Waals surface area contributed by atoms with Crippen molar-refractivity contribution >= 4 is 22.7 Å². The molecule has 1 aromatic carbocycles. The van der Waals surface area contributed by atoms with Gasteiger partial charge in [0.1, 0.15) is 0 Å². The highest BCUT2D eigenvalue weighted by Crippen LogP contribution is 2.30. The second-order valence-corrected chi connectivity index (χ2v) is 5.80. The summed E-state index contributed by atoms with van der Waals surface area (Å²) < 4.78 is 5.38.